The van der Waals surface area contributed by atoms with E-state index in [1.807, 2.05) is 0 Å². The number of hydrogen-bond acceptors (Lipinski definition) is 6. The number of sulfonamides is 2. The molecule has 100 valence electrons. The van der Waals surface area contributed by atoms with Crippen LogP contribution in [0.15, 0.2) is 29.2 Å². The summed E-state index contributed by atoms with van der Waals surface area (Å²) in [7, 11) is -9.83. The Bertz CT molecular complexity index is 684. The van der Waals surface area contributed by atoms with Crippen molar-refractivity contribution in [1.82, 2.24) is 3.93 Å². The Morgan fingerprint density at radius 3 is 2.17 bits per heavy atom. The van der Waals surface area contributed by atoms with Crippen LogP contribution in [0.5, 0.6) is 0 Å². The van der Waals surface area contributed by atoms with Crippen LogP contribution in [-0.4, -0.2) is 31.9 Å². The first-order valence-corrected chi connectivity index (χ1v) is 7.52. The van der Waals surface area contributed by atoms with Gasteiger partial charge in [0.2, 0.25) is 0 Å². The van der Waals surface area contributed by atoms with Gasteiger partial charge in [-0.3, -0.25) is 10.1 Å². The summed E-state index contributed by atoms with van der Waals surface area (Å²) < 4.78 is 56.7. The maximum atomic E-state index is 13.3. The summed E-state index contributed by atoms with van der Waals surface area (Å²) in [5.74, 6) is 0. The highest BCUT2D eigenvalue weighted by Crippen LogP contribution is 2.27. The summed E-state index contributed by atoms with van der Waals surface area (Å²) in [4.78, 5) is 8.50. The Labute approximate surface area is 102 Å². The molecule has 1 aromatic rings. The monoisotopic (exact) mass is 298 g/mol. The van der Waals surface area contributed by atoms with Crippen LogP contribution in [0.4, 0.5) is 10.2 Å². The van der Waals surface area contributed by atoms with Gasteiger partial charge in [-0.25, -0.2) is 16.8 Å². The fraction of sp³-hybridized carbons (Fsp3) is 0.143. The fourth-order valence-corrected chi connectivity index (χ4v) is 3.56. The SMILES string of the molecule is CS(=O)(=O)N(F)S(=O)(=O)c1ccccc1[N+](=O)[O-]. The maximum absolute atomic E-state index is 13.3. The Morgan fingerprint density at radius 1 is 1.22 bits per heavy atom. The summed E-state index contributed by atoms with van der Waals surface area (Å²) in [6, 6.07) is 3.84. The van der Waals surface area contributed by atoms with Crippen LogP contribution in [0.25, 0.3) is 0 Å². The molecule has 8 nitrogen and oxygen atoms in total. The molecule has 0 unspecified atom stereocenters. The number of nitro groups is 1. The van der Waals surface area contributed by atoms with Gasteiger partial charge in [-0.2, -0.15) is 0 Å². The first-order valence-electron chi connectivity index (χ1n) is 4.23. The van der Waals surface area contributed by atoms with Crippen LogP contribution in [0.1, 0.15) is 0 Å². The number of hydrogen-bond donors (Lipinski definition) is 0. The van der Waals surface area contributed by atoms with Gasteiger partial charge < -0.3 is 0 Å². The second-order valence-electron chi connectivity index (χ2n) is 3.15. The second kappa shape index (κ2) is 4.59. The van der Waals surface area contributed by atoms with Crippen LogP contribution in [0.3, 0.4) is 0 Å². The number of nitrogens with zero attached hydrogens (tertiary/aromatic N) is 2. The Morgan fingerprint density at radius 2 is 1.72 bits per heavy atom. The normalized spacial score (nSPS) is 12.6. The molecule has 0 aliphatic heterocycles. The van der Waals surface area contributed by atoms with E-state index >= 15 is 0 Å². The zero-order chi connectivity index (χ0) is 14.1. The summed E-state index contributed by atoms with van der Waals surface area (Å²) in [6.07, 6.45) is 0.319. The lowest BCUT2D eigenvalue weighted by atomic mass is 10.3. The van der Waals surface area contributed by atoms with Crippen molar-refractivity contribution >= 4 is 25.7 Å². The van der Waals surface area contributed by atoms with E-state index in [9.17, 15) is 31.4 Å². The van der Waals surface area contributed by atoms with Crippen LogP contribution >= 0.6 is 0 Å². The van der Waals surface area contributed by atoms with Crippen molar-refractivity contribution in [2.45, 2.75) is 4.90 Å². The lowest BCUT2D eigenvalue weighted by Crippen LogP contribution is -2.29. The third-order valence-corrected chi connectivity index (χ3v) is 4.99. The first-order chi connectivity index (χ1) is 8.08. The average Bonchev–Trinajstić information content (AvgIpc) is 2.26. The van der Waals surface area contributed by atoms with Crippen molar-refractivity contribution in [3.63, 3.8) is 0 Å². The minimum absolute atomic E-state index is 0.319. The summed E-state index contributed by atoms with van der Waals surface area (Å²) >= 11 is 0. The van der Waals surface area contributed by atoms with E-state index in [-0.39, 0.29) is 0 Å². The topological polar surface area (TPSA) is 115 Å². The van der Waals surface area contributed by atoms with Gasteiger partial charge in [-0.15, -0.1) is 4.48 Å². The molecule has 0 saturated carbocycles. The molecule has 0 heterocycles. The molecule has 0 N–H and O–H groups in total. The predicted octanol–water partition coefficient (Wildman–Crippen LogP) is 0.430. The molecule has 0 saturated heterocycles. The van der Waals surface area contributed by atoms with Crippen LogP contribution in [0, 0.1) is 10.1 Å². The van der Waals surface area contributed by atoms with E-state index in [0.29, 0.717) is 6.26 Å². The largest absolute Gasteiger partial charge is 0.290 e. The first kappa shape index (κ1) is 14.5. The van der Waals surface area contributed by atoms with Crippen molar-refractivity contribution < 1.29 is 26.2 Å². The summed E-state index contributed by atoms with van der Waals surface area (Å²) in [6.45, 7) is 0. The highest BCUT2D eigenvalue weighted by molar-refractivity contribution is 8.03. The molecule has 0 spiro atoms. The minimum Gasteiger partial charge on any atom is -0.258 e. The van der Waals surface area contributed by atoms with Crippen LogP contribution in [0.2, 0.25) is 0 Å². The van der Waals surface area contributed by atoms with Gasteiger partial charge in [0.25, 0.3) is 25.7 Å². The van der Waals surface area contributed by atoms with Gasteiger partial charge in [0.1, 0.15) is 0 Å². The molecule has 0 radical (unpaired) electrons. The van der Waals surface area contributed by atoms with Gasteiger partial charge in [0.05, 0.1) is 15.1 Å². The molecule has 0 aliphatic rings. The molecule has 1 aromatic carbocycles. The molecule has 0 aliphatic carbocycles. The lowest BCUT2D eigenvalue weighted by molar-refractivity contribution is -0.387. The standard InChI is InChI=1S/C7H7FN2O6S2/c1-17(13,14)10(8)18(15,16)7-5-3-2-4-6(7)9(11)12/h2-5H,1H3. The van der Waals surface area contributed by atoms with E-state index in [1.54, 1.807) is 0 Å². The van der Waals surface area contributed by atoms with Gasteiger partial charge in [0.15, 0.2) is 4.90 Å². The number of rotatable bonds is 4. The maximum Gasteiger partial charge on any atom is 0.290 e. The minimum atomic E-state index is -5.14. The third kappa shape index (κ3) is 2.63. The van der Waals surface area contributed by atoms with Gasteiger partial charge in [0, 0.05) is 6.07 Å². The molecule has 11 heteroatoms. The molecule has 0 aromatic heterocycles. The van der Waals surface area contributed by atoms with Crippen molar-refractivity contribution in [1.29, 1.82) is 0 Å². The summed E-state index contributed by atoms with van der Waals surface area (Å²) in [5.41, 5.74) is -0.913. The van der Waals surface area contributed by atoms with Gasteiger partial charge >= 0.3 is 0 Å². The number of benzene rings is 1. The van der Waals surface area contributed by atoms with E-state index in [4.69, 9.17) is 0 Å². The molecule has 0 bridgehead atoms. The van der Waals surface area contributed by atoms with Crippen molar-refractivity contribution in [3.8, 4) is 0 Å². The predicted molar refractivity (Wildman–Crippen MR) is 58.1 cm³/mol. The van der Waals surface area contributed by atoms with E-state index < -0.39 is 39.5 Å². The fourth-order valence-electron chi connectivity index (χ4n) is 1.08. The molecule has 0 atom stereocenters. The molecule has 0 fully saturated rings. The Balaban J connectivity index is 3.53. The molecule has 1 rings (SSSR count). The number of nitro benzene ring substituents is 1. The molecular weight excluding hydrogens is 291 g/mol. The average molecular weight is 298 g/mol. The van der Waals surface area contributed by atoms with Gasteiger partial charge in [-0.1, -0.05) is 12.1 Å². The van der Waals surface area contributed by atoms with Crippen molar-refractivity contribution in [3.05, 3.63) is 34.4 Å². The zero-order valence-corrected chi connectivity index (χ0v) is 10.5. The highest BCUT2D eigenvalue weighted by Gasteiger charge is 2.37. The third-order valence-electron chi connectivity index (χ3n) is 1.79. The number of halogens is 1. The highest BCUT2D eigenvalue weighted by atomic mass is 32.3. The quantitative estimate of drug-likeness (QED) is 0.452. The number of para-hydroxylation sites is 1. The summed E-state index contributed by atoms with van der Waals surface area (Å²) in [5, 5.41) is 10.6. The zero-order valence-electron chi connectivity index (χ0n) is 8.85. The van der Waals surface area contributed by atoms with Gasteiger partial charge in [-0.05, 0) is 6.07 Å². The Kier molecular flexibility index (Phi) is 3.69. The smallest absolute Gasteiger partial charge is 0.258 e. The molecular formula is C7H7FN2O6S2. The molecule has 0 amide bonds. The van der Waals surface area contributed by atoms with Crippen molar-refractivity contribution in [2.75, 3.05) is 6.26 Å². The van der Waals surface area contributed by atoms with Crippen LogP contribution in [-0.2, 0) is 20.0 Å². The lowest BCUT2D eigenvalue weighted by Gasteiger charge is -2.09. The second-order valence-corrected chi connectivity index (χ2v) is 6.87. The Hall–Kier alpha value is -1.59. The van der Waals surface area contributed by atoms with Crippen molar-refractivity contribution in [2.24, 2.45) is 0 Å². The van der Waals surface area contributed by atoms with E-state index in [1.165, 1.54) is 6.07 Å². The van der Waals surface area contributed by atoms with E-state index in [2.05, 4.69) is 0 Å². The van der Waals surface area contributed by atoms with Crippen LogP contribution < -0.4 is 0 Å². The van der Waals surface area contributed by atoms with E-state index in [0.717, 1.165) is 18.2 Å². The molecule has 18 heavy (non-hydrogen) atoms.